The number of nitrogens with zero attached hydrogens (tertiary/aromatic N) is 2. The number of anilines is 1. The van der Waals surface area contributed by atoms with E-state index in [2.05, 4.69) is 34.1 Å². The van der Waals surface area contributed by atoms with Crippen LogP contribution in [-0.2, 0) is 17.8 Å². The molecule has 0 spiro atoms. The smallest absolute Gasteiger partial charge is 0.374 e. The number of hydrogen-bond donors (Lipinski definition) is 0. The highest BCUT2D eigenvalue weighted by Crippen LogP contribution is 2.28. The number of benzene rings is 2. The van der Waals surface area contributed by atoms with Gasteiger partial charge < -0.3 is 14.1 Å². The Kier molecular flexibility index (Phi) is 5.81. The van der Waals surface area contributed by atoms with Gasteiger partial charge in [-0.2, -0.15) is 0 Å². The number of hydrogen-bond acceptors (Lipinski definition) is 5. The van der Waals surface area contributed by atoms with Crippen LogP contribution in [0.3, 0.4) is 0 Å². The van der Waals surface area contributed by atoms with Crippen molar-refractivity contribution in [3.8, 4) is 0 Å². The third kappa shape index (κ3) is 4.31. The molecule has 0 N–H and O–H groups in total. The fraction of sp³-hybridized carbons (Fsp3) is 0.318. The number of esters is 1. The van der Waals surface area contributed by atoms with Crippen LogP contribution in [0.1, 0.15) is 28.6 Å². The maximum atomic E-state index is 12.3. The van der Waals surface area contributed by atoms with E-state index < -0.39 is 5.97 Å². The lowest BCUT2D eigenvalue weighted by Gasteiger charge is -2.18. The van der Waals surface area contributed by atoms with E-state index in [9.17, 15) is 4.79 Å². The van der Waals surface area contributed by atoms with Gasteiger partial charge in [-0.3, -0.25) is 4.90 Å². The van der Waals surface area contributed by atoms with E-state index in [0.29, 0.717) is 24.5 Å². The normalized spacial score (nSPS) is 11.1. The zero-order chi connectivity index (χ0) is 19.4. The second kappa shape index (κ2) is 8.27. The molecular formula is C22H26N2O3. The molecule has 0 saturated carbocycles. The summed E-state index contributed by atoms with van der Waals surface area (Å²) in [6, 6.07) is 16.2. The van der Waals surface area contributed by atoms with Crippen molar-refractivity contribution in [2.75, 3.05) is 32.6 Å². The molecule has 0 aliphatic carbocycles. The molecule has 0 aliphatic rings. The number of carbonyl (C=O) groups excluding carboxylic acids is 1. The number of fused-ring (bicyclic) bond motifs is 1. The largest absolute Gasteiger partial charge is 0.460 e. The maximum absolute atomic E-state index is 12.3. The van der Waals surface area contributed by atoms with Gasteiger partial charge in [0.15, 0.2) is 0 Å². The minimum atomic E-state index is -0.410. The molecule has 1 aromatic heterocycles. The molecule has 0 saturated heterocycles. The van der Waals surface area contributed by atoms with Gasteiger partial charge in [0.1, 0.15) is 5.58 Å². The first kappa shape index (κ1) is 19.0. The Labute approximate surface area is 160 Å². The molecule has 142 valence electrons. The molecule has 2 aromatic carbocycles. The van der Waals surface area contributed by atoms with Crippen LogP contribution in [0.5, 0.6) is 0 Å². The van der Waals surface area contributed by atoms with E-state index in [0.717, 1.165) is 17.5 Å². The molecule has 3 rings (SSSR count). The van der Waals surface area contributed by atoms with Crippen LogP contribution in [0.4, 0.5) is 5.69 Å². The number of para-hydroxylation sites is 1. The molecule has 5 nitrogen and oxygen atoms in total. The average Bonchev–Trinajstić information content (AvgIpc) is 3.01. The quantitative estimate of drug-likeness (QED) is 0.583. The van der Waals surface area contributed by atoms with E-state index in [1.165, 1.54) is 11.3 Å². The first-order valence-corrected chi connectivity index (χ1v) is 9.12. The second-order valence-corrected chi connectivity index (χ2v) is 6.86. The molecule has 0 aliphatic heterocycles. The number of carbonyl (C=O) groups is 1. The van der Waals surface area contributed by atoms with Crippen LogP contribution in [-0.4, -0.2) is 38.6 Å². The van der Waals surface area contributed by atoms with Gasteiger partial charge >= 0.3 is 5.97 Å². The summed E-state index contributed by atoms with van der Waals surface area (Å²) in [5, 5.41) is 0.954. The minimum absolute atomic E-state index is 0.299. The van der Waals surface area contributed by atoms with Crippen molar-refractivity contribution in [1.29, 1.82) is 0 Å². The zero-order valence-corrected chi connectivity index (χ0v) is 16.4. The van der Waals surface area contributed by atoms with Crippen LogP contribution in [0, 0.1) is 0 Å². The molecule has 0 bridgehead atoms. The van der Waals surface area contributed by atoms with Crippen molar-refractivity contribution < 1.29 is 13.9 Å². The summed E-state index contributed by atoms with van der Waals surface area (Å²) >= 11 is 0. The molecule has 0 radical (unpaired) electrons. The van der Waals surface area contributed by atoms with Crippen LogP contribution in [0.25, 0.3) is 11.0 Å². The Hall–Kier alpha value is -2.79. The highest BCUT2D eigenvalue weighted by atomic mass is 16.5. The van der Waals surface area contributed by atoms with Gasteiger partial charge in [-0.15, -0.1) is 0 Å². The van der Waals surface area contributed by atoms with E-state index in [1.54, 1.807) is 6.92 Å². The van der Waals surface area contributed by atoms with Crippen LogP contribution in [0.15, 0.2) is 52.9 Å². The van der Waals surface area contributed by atoms with Gasteiger partial charge in [-0.25, -0.2) is 4.79 Å². The van der Waals surface area contributed by atoms with Crippen molar-refractivity contribution in [1.82, 2.24) is 4.90 Å². The van der Waals surface area contributed by atoms with Gasteiger partial charge in [0.25, 0.3) is 0 Å². The molecule has 0 unspecified atom stereocenters. The van der Waals surface area contributed by atoms with Crippen molar-refractivity contribution in [3.05, 3.63) is 65.4 Å². The maximum Gasteiger partial charge on any atom is 0.374 e. The average molecular weight is 366 g/mol. The van der Waals surface area contributed by atoms with Crippen LogP contribution >= 0.6 is 0 Å². The van der Waals surface area contributed by atoms with E-state index >= 15 is 0 Å². The number of rotatable bonds is 7. The van der Waals surface area contributed by atoms with E-state index in [-0.39, 0.29) is 0 Å². The van der Waals surface area contributed by atoms with Gasteiger partial charge in [-0.1, -0.05) is 30.3 Å². The second-order valence-electron chi connectivity index (χ2n) is 6.86. The lowest BCUT2D eigenvalue weighted by molar-refractivity contribution is 0.0489. The molecule has 0 atom stereocenters. The molecule has 1 heterocycles. The molecule has 5 heteroatoms. The highest BCUT2D eigenvalue weighted by Gasteiger charge is 2.22. The van der Waals surface area contributed by atoms with Gasteiger partial charge in [-0.05, 0) is 37.7 Å². The number of furan rings is 1. The van der Waals surface area contributed by atoms with Crippen LogP contribution < -0.4 is 4.90 Å². The highest BCUT2D eigenvalue weighted by molar-refractivity contribution is 5.96. The van der Waals surface area contributed by atoms with Crippen molar-refractivity contribution >= 4 is 22.6 Å². The molecular weight excluding hydrogens is 340 g/mol. The molecule has 0 amide bonds. The lowest BCUT2D eigenvalue weighted by Crippen LogP contribution is -2.19. The van der Waals surface area contributed by atoms with Gasteiger partial charge in [0, 0.05) is 43.8 Å². The Morgan fingerprint density at radius 1 is 1.00 bits per heavy atom. The summed E-state index contributed by atoms with van der Waals surface area (Å²) in [5.74, 6) is -0.111. The topological polar surface area (TPSA) is 45.9 Å². The summed E-state index contributed by atoms with van der Waals surface area (Å²) < 4.78 is 11.0. The predicted octanol–water partition coefficient (Wildman–Crippen LogP) is 4.31. The standard InChI is InChI=1S/C22H26N2O3/c1-5-26-22(25)21-19(18-8-6-7-9-20(18)27-21)15-24(4)14-16-10-12-17(13-11-16)23(2)3/h6-13H,5,14-15H2,1-4H3. The predicted molar refractivity (Wildman–Crippen MR) is 108 cm³/mol. The lowest BCUT2D eigenvalue weighted by atomic mass is 10.1. The SMILES string of the molecule is CCOC(=O)c1oc2ccccc2c1CN(C)Cc1ccc(N(C)C)cc1. The Morgan fingerprint density at radius 2 is 1.70 bits per heavy atom. The monoisotopic (exact) mass is 366 g/mol. The molecule has 3 aromatic rings. The summed E-state index contributed by atoms with van der Waals surface area (Å²) in [6.45, 7) is 3.49. The first-order valence-electron chi connectivity index (χ1n) is 9.12. The zero-order valence-electron chi connectivity index (χ0n) is 16.4. The third-order valence-corrected chi connectivity index (χ3v) is 4.49. The fourth-order valence-electron chi connectivity index (χ4n) is 3.15. The summed E-state index contributed by atoms with van der Waals surface area (Å²) in [7, 11) is 6.10. The fourth-order valence-corrected chi connectivity index (χ4v) is 3.15. The van der Waals surface area contributed by atoms with Crippen molar-refractivity contribution in [3.63, 3.8) is 0 Å². The third-order valence-electron chi connectivity index (χ3n) is 4.49. The van der Waals surface area contributed by atoms with E-state index in [4.69, 9.17) is 9.15 Å². The summed E-state index contributed by atoms with van der Waals surface area (Å²) in [6.07, 6.45) is 0. The van der Waals surface area contributed by atoms with Gasteiger partial charge in [0.2, 0.25) is 5.76 Å². The number of ether oxygens (including phenoxy) is 1. The first-order chi connectivity index (χ1) is 13.0. The van der Waals surface area contributed by atoms with E-state index in [1.807, 2.05) is 45.4 Å². The van der Waals surface area contributed by atoms with Crippen molar-refractivity contribution in [2.45, 2.75) is 20.0 Å². The molecule has 27 heavy (non-hydrogen) atoms. The van der Waals surface area contributed by atoms with Crippen molar-refractivity contribution in [2.24, 2.45) is 0 Å². The Balaban J connectivity index is 1.82. The Morgan fingerprint density at radius 3 is 2.37 bits per heavy atom. The summed E-state index contributed by atoms with van der Waals surface area (Å²) in [4.78, 5) is 16.6. The summed E-state index contributed by atoms with van der Waals surface area (Å²) in [5.41, 5.74) is 3.97. The van der Waals surface area contributed by atoms with Gasteiger partial charge in [0.05, 0.1) is 6.61 Å². The minimum Gasteiger partial charge on any atom is -0.460 e. The Bertz CT molecular complexity index is 913. The molecule has 0 fully saturated rings. The van der Waals surface area contributed by atoms with Crippen LogP contribution in [0.2, 0.25) is 0 Å².